The van der Waals surface area contributed by atoms with Crippen molar-refractivity contribution in [1.29, 1.82) is 5.26 Å². The molecule has 1 unspecified atom stereocenters. The highest BCUT2D eigenvalue weighted by atomic mass is 14.2. The zero-order valence-corrected chi connectivity index (χ0v) is 5.51. The average molecular weight is 121 g/mol. The Hall–Kier alpha value is -0.770. The van der Waals surface area contributed by atoms with Crippen molar-refractivity contribution < 1.29 is 0 Å². The van der Waals surface area contributed by atoms with Crippen LogP contribution in [0.5, 0.6) is 0 Å². The summed E-state index contributed by atoms with van der Waals surface area (Å²) in [6.45, 7) is 0. The van der Waals surface area contributed by atoms with Crippen LogP contribution in [0.1, 0.15) is 25.7 Å². The van der Waals surface area contributed by atoms with Gasteiger partial charge in [-0.25, -0.2) is 0 Å². The first-order valence-electron chi connectivity index (χ1n) is 3.47. The van der Waals surface area contributed by atoms with Crippen molar-refractivity contribution in [3.8, 4) is 6.07 Å². The number of hydrogen-bond donors (Lipinski definition) is 0. The van der Waals surface area contributed by atoms with Gasteiger partial charge in [-0.15, -0.1) is 0 Å². The van der Waals surface area contributed by atoms with Gasteiger partial charge in [0, 0.05) is 6.42 Å². The molecule has 0 aromatic rings. The molecule has 0 fully saturated rings. The predicted molar refractivity (Wildman–Crippen MR) is 36.7 cm³/mol. The lowest BCUT2D eigenvalue weighted by Gasteiger charge is -2.00. The van der Waals surface area contributed by atoms with Crippen molar-refractivity contribution in [2.24, 2.45) is 5.92 Å². The van der Waals surface area contributed by atoms with Gasteiger partial charge >= 0.3 is 0 Å². The molecule has 48 valence electrons. The molecule has 1 aliphatic carbocycles. The number of nitrogens with zero attached hydrogens (tertiary/aromatic N) is 1. The molecule has 0 saturated heterocycles. The Bertz CT molecular complexity index is 141. The van der Waals surface area contributed by atoms with E-state index in [4.69, 9.17) is 5.26 Å². The monoisotopic (exact) mass is 121 g/mol. The minimum Gasteiger partial charge on any atom is -0.198 e. The molecule has 0 bridgehead atoms. The van der Waals surface area contributed by atoms with E-state index in [0.717, 1.165) is 12.8 Å². The van der Waals surface area contributed by atoms with E-state index >= 15 is 0 Å². The first-order valence-corrected chi connectivity index (χ1v) is 3.47. The Morgan fingerprint density at radius 1 is 1.67 bits per heavy atom. The van der Waals surface area contributed by atoms with Gasteiger partial charge in [0.05, 0.1) is 6.07 Å². The van der Waals surface area contributed by atoms with E-state index in [-0.39, 0.29) is 0 Å². The van der Waals surface area contributed by atoms with Gasteiger partial charge in [0.1, 0.15) is 0 Å². The molecule has 0 aromatic carbocycles. The molecule has 0 aromatic heterocycles. The van der Waals surface area contributed by atoms with Crippen LogP contribution in [0.25, 0.3) is 0 Å². The quantitative estimate of drug-likeness (QED) is 0.514. The summed E-state index contributed by atoms with van der Waals surface area (Å²) in [6.07, 6.45) is 8.71. The van der Waals surface area contributed by atoms with Crippen LogP contribution in [0.3, 0.4) is 0 Å². The Kier molecular flexibility index (Phi) is 2.32. The summed E-state index contributed by atoms with van der Waals surface area (Å²) in [5.41, 5.74) is 0. The number of nitriles is 1. The van der Waals surface area contributed by atoms with Crippen LogP contribution in [0.4, 0.5) is 0 Å². The lowest BCUT2D eigenvalue weighted by Crippen LogP contribution is -1.89. The summed E-state index contributed by atoms with van der Waals surface area (Å²) in [5.74, 6) is 0.713. The van der Waals surface area contributed by atoms with Gasteiger partial charge in [0.25, 0.3) is 0 Å². The van der Waals surface area contributed by atoms with Gasteiger partial charge in [-0.05, 0) is 25.2 Å². The molecule has 1 nitrogen and oxygen atoms in total. The SMILES string of the molecule is N#CCCC1C=CCC1. The van der Waals surface area contributed by atoms with Crippen molar-refractivity contribution in [3.05, 3.63) is 12.2 Å². The maximum atomic E-state index is 8.25. The number of hydrogen-bond acceptors (Lipinski definition) is 1. The fraction of sp³-hybridized carbons (Fsp3) is 0.625. The maximum absolute atomic E-state index is 8.25. The van der Waals surface area contributed by atoms with Crippen LogP contribution in [0.2, 0.25) is 0 Å². The molecular formula is C8H11N. The normalized spacial score (nSPS) is 24.1. The smallest absolute Gasteiger partial charge is 0.0621 e. The second-order valence-electron chi connectivity index (χ2n) is 2.46. The van der Waals surface area contributed by atoms with Gasteiger partial charge in [0.15, 0.2) is 0 Å². The highest BCUT2D eigenvalue weighted by Crippen LogP contribution is 2.20. The largest absolute Gasteiger partial charge is 0.198 e. The van der Waals surface area contributed by atoms with E-state index in [1.165, 1.54) is 12.8 Å². The van der Waals surface area contributed by atoms with E-state index < -0.39 is 0 Å². The van der Waals surface area contributed by atoms with Crippen molar-refractivity contribution in [2.45, 2.75) is 25.7 Å². The number of rotatable bonds is 2. The van der Waals surface area contributed by atoms with Crippen molar-refractivity contribution in [3.63, 3.8) is 0 Å². The van der Waals surface area contributed by atoms with Crippen LogP contribution in [0.15, 0.2) is 12.2 Å². The lowest BCUT2D eigenvalue weighted by molar-refractivity contribution is 0.588. The van der Waals surface area contributed by atoms with Crippen molar-refractivity contribution >= 4 is 0 Å². The summed E-state index contributed by atoms with van der Waals surface area (Å²) in [5, 5.41) is 8.25. The lowest BCUT2D eigenvalue weighted by atomic mass is 10.0. The van der Waals surface area contributed by atoms with Gasteiger partial charge in [0.2, 0.25) is 0 Å². The molecule has 0 saturated carbocycles. The van der Waals surface area contributed by atoms with Gasteiger partial charge in [-0.2, -0.15) is 5.26 Å². The first kappa shape index (κ1) is 6.35. The van der Waals surface area contributed by atoms with E-state index in [9.17, 15) is 0 Å². The zero-order valence-electron chi connectivity index (χ0n) is 5.51. The molecule has 1 aliphatic rings. The molecule has 0 spiro atoms. The van der Waals surface area contributed by atoms with Gasteiger partial charge < -0.3 is 0 Å². The van der Waals surface area contributed by atoms with E-state index in [1.54, 1.807) is 0 Å². The minimum atomic E-state index is 0.713. The molecule has 0 amide bonds. The second kappa shape index (κ2) is 3.29. The van der Waals surface area contributed by atoms with Crippen LogP contribution in [-0.2, 0) is 0 Å². The van der Waals surface area contributed by atoms with E-state index in [1.807, 2.05) is 0 Å². The van der Waals surface area contributed by atoms with Crippen LogP contribution >= 0.6 is 0 Å². The summed E-state index contributed by atoms with van der Waals surface area (Å²) >= 11 is 0. The molecule has 0 aliphatic heterocycles. The number of allylic oxidation sites excluding steroid dienone is 2. The fourth-order valence-electron chi connectivity index (χ4n) is 1.19. The topological polar surface area (TPSA) is 23.8 Å². The highest BCUT2D eigenvalue weighted by molar-refractivity contribution is 4.96. The fourth-order valence-corrected chi connectivity index (χ4v) is 1.19. The Labute approximate surface area is 56.0 Å². The molecule has 0 N–H and O–H groups in total. The third-order valence-electron chi connectivity index (χ3n) is 1.74. The van der Waals surface area contributed by atoms with Crippen molar-refractivity contribution in [1.82, 2.24) is 0 Å². The summed E-state index contributed by atoms with van der Waals surface area (Å²) in [6, 6.07) is 2.16. The first-order chi connectivity index (χ1) is 4.43. The second-order valence-corrected chi connectivity index (χ2v) is 2.46. The highest BCUT2D eigenvalue weighted by Gasteiger charge is 2.07. The standard InChI is InChI=1S/C8H11N/c9-7-3-6-8-4-1-2-5-8/h1,4,8H,2-3,5-6H2. The van der Waals surface area contributed by atoms with E-state index in [0.29, 0.717) is 5.92 Å². The Morgan fingerprint density at radius 2 is 2.56 bits per heavy atom. The van der Waals surface area contributed by atoms with Crippen LogP contribution in [-0.4, -0.2) is 0 Å². The summed E-state index contributed by atoms with van der Waals surface area (Å²) < 4.78 is 0. The molecule has 0 radical (unpaired) electrons. The third kappa shape index (κ3) is 1.89. The van der Waals surface area contributed by atoms with Crippen molar-refractivity contribution in [2.75, 3.05) is 0 Å². The molecule has 1 atom stereocenters. The summed E-state index contributed by atoms with van der Waals surface area (Å²) in [4.78, 5) is 0. The molecule has 1 rings (SSSR count). The third-order valence-corrected chi connectivity index (χ3v) is 1.74. The molecule has 9 heavy (non-hydrogen) atoms. The average Bonchev–Trinajstić information content (AvgIpc) is 2.34. The maximum Gasteiger partial charge on any atom is 0.0621 e. The predicted octanol–water partition coefficient (Wildman–Crippen LogP) is 2.26. The Balaban J connectivity index is 2.14. The van der Waals surface area contributed by atoms with Crippen LogP contribution < -0.4 is 0 Å². The zero-order chi connectivity index (χ0) is 6.53. The van der Waals surface area contributed by atoms with Gasteiger partial charge in [-0.3, -0.25) is 0 Å². The Morgan fingerprint density at radius 3 is 3.11 bits per heavy atom. The molecular weight excluding hydrogens is 110 g/mol. The van der Waals surface area contributed by atoms with Gasteiger partial charge in [-0.1, -0.05) is 12.2 Å². The molecule has 0 heterocycles. The van der Waals surface area contributed by atoms with E-state index in [2.05, 4.69) is 18.2 Å². The minimum absolute atomic E-state index is 0.713. The van der Waals surface area contributed by atoms with Crippen LogP contribution in [0, 0.1) is 17.2 Å². The molecule has 1 heteroatoms. The summed E-state index contributed by atoms with van der Waals surface area (Å²) in [7, 11) is 0.